The molecule has 0 aliphatic rings. The summed E-state index contributed by atoms with van der Waals surface area (Å²) in [6, 6.07) is 10.1. The Bertz CT molecular complexity index is 989. The number of methoxy groups -OCH3 is 3. The number of nitrogens with zero attached hydrogens (tertiary/aromatic N) is 1. The lowest BCUT2D eigenvalue weighted by atomic mass is 10.1. The van der Waals surface area contributed by atoms with Crippen LogP contribution in [-0.2, 0) is 27.8 Å². The van der Waals surface area contributed by atoms with E-state index in [0.717, 1.165) is 9.87 Å². The van der Waals surface area contributed by atoms with Crippen LogP contribution in [0.15, 0.2) is 41.3 Å². The van der Waals surface area contributed by atoms with Crippen LogP contribution >= 0.6 is 0 Å². The van der Waals surface area contributed by atoms with E-state index in [0.29, 0.717) is 35.8 Å². The molecule has 0 heterocycles. The first-order valence-electron chi connectivity index (χ1n) is 9.30. The van der Waals surface area contributed by atoms with Crippen molar-refractivity contribution in [3.63, 3.8) is 0 Å². The van der Waals surface area contributed by atoms with Gasteiger partial charge in [-0.15, -0.1) is 0 Å². The second-order valence-electron chi connectivity index (χ2n) is 6.73. The summed E-state index contributed by atoms with van der Waals surface area (Å²) in [6.45, 7) is 0.339. The van der Waals surface area contributed by atoms with E-state index >= 15 is 0 Å². The van der Waals surface area contributed by atoms with E-state index < -0.39 is 10.0 Å². The van der Waals surface area contributed by atoms with Gasteiger partial charge < -0.3 is 19.5 Å². The number of hydrogen-bond acceptors (Lipinski definition) is 6. The van der Waals surface area contributed by atoms with Gasteiger partial charge in [-0.3, -0.25) is 4.79 Å². The van der Waals surface area contributed by atoms with Crippen LogP contribution in [-0.4, -0.2) is 54.1 Å². The van der Waals surface area contributed by atoms with Gasteiger partial charge in [0.15, 0.2) is 11.5 Å². The molecule has 0 radical (unpaired) electrons. The number of carbonyl (C=O) groups excluding carboxylic acids is 1. The quantitative estimate of drug-likeness (QED) is 0.614. The van der Waals surface area contributed by atoms with Gasteiger partial charge in [0.1, 0.15) is 5.75 Å². The molecule has 164 valence electrons. The molecule has 8 nitrogen and oxygen atoms in total. The monoisotopic (exact) mass is 436 g/mol. The van der Waals surface area contributed by atoms with Crippen molar-refractivity contribution in [2.24, 2.45) is 0 Å². The van der Waals surface area contributed by atoms with E-state index in [-0.39, 0.29) is 17.2 Å². The van der Waals surface area contributed by atoms with Crippen molar-refractivity contribution in [2.45, 2.75) is 24.3 Å². The normalized spacial score (nSPS) is 11.3. The van der Waals surface area contributed by atoms with E-state index in [2.05, 4.69) is 5.32 Å². The number of carbonyl (C=O) groups is 1. The molecule has 0 spiro atoms. The SMILES string of the molecule is COc1ccc(S(=O)(=O)N(C)C)cc1CCC(=O)NCc1ccc(OC)c(OC)c1. The molecular weight excluding hydrogens is 408 g/mol. The Kier molecular flexibility index (Phi) is 8.08. The maximum atomic E-state index is 12.4. The van der Waals surface area contributed by atoms with Crippen molar-refractivity contribution in [3.05, 3.63) is 47.5 Å². The lowest BCUT2D eigenvalue weighted by molar-refractivity contribution is -0.121. The zero-order chi connectivity index (χ0) is 22.3. The molecule has 0 aromatic heterocycles. The van der Waals surface area contributed by atoms with Crippen LogP contribution in [0.4, 0.5) is 0 Å². The minimum Gasteiger partial charge on any atom is -0.496 e. The predicted octanol–water partition coefficient (Wildman–Crippen LogP) is 2.21. The summed E-state index contributed by atoms with van der Waals surface area (Å²) in [5, 5.41) is 2.86. The standard InChI is InChI=1S/C21H28N2O6S/c1-23(2)30(25,26)17-8-10-18(27-3)16(13-17)7-11-21(24)22-14-15-6-9-19(28-4)20(12-15)29-5/h6,8-10,12-13H,7,11,14H2,1-5H3,(H,22,24). The maximum absolute atomic E-state index is 12.4. The van der Waals surface area contributed by atoms with Gasteiger partial charge in [0.2, 0.25) is 15.9 Å². The molecule has 0 bridgehead atoms. The number of amides is 1. The Morgan fingerprint density at radius 2 is 1.57 bits per heavy atom. The van der Waals surface area contributed by atoms with Gasteiger partial charge in [-0.25, -0.2) is 12.7 Å². The Hall–Kier alpha value is -2.78. The van der Waals surface area contributed by atoms with E-state index in [9.17, 15) is 13.2 Å². The molecule has 1 amide bonds. The highest BCUT2D eigenvalue weighted by molar-refractivity contribution is 7.89. The third-order valence-electron chi connectivity index (χ3n) is 4.59. The van der Waals surface area contributed by atoms with Gasteiger partial charge in [0.25, 0.3) is 0 Å². The number of ether oxygens (including phenoxy) is 3. The van der Waals surface area contributed by atoms with Gasteiger partial charge >= 0.3 is 0 Å². The zero-order valence-corrected chi connectivity index (χ0v) is 18.7. The second-order valence-corrected chi connectivity index (χ2v) is 8.88. The molecule has 9 heteroatoms. The summed E-state index contributed by atoms with van der Waals surface area (Å²) < 4.78 is 41.7. The molecule has 0 aliphatic heterocycles. The number of benzene rings is 2. The third-order valence-corrected chi connectivity index (χ3v) is 6.40. The Morgan fingerprint density at radius 1 is 0.933 bits per heavy atom. The summed E-state index contributed by atoms with van der Waals surface area (Å²) >= 11 is 0. The molecular formula is C21H28N2O6S. The van der Waals surface area contributed by atoms with Crippen LogP contribution in [0, 0.1) is 0 Å². The topological polar surface area (TPSA) is 94.2 Å². The largest absolute Gasteiger partial charge is 0.496 e. The molecule has 0 unspecified atom stereocenters. The maximum Gasteiger partial charge on any atom is 0.242 e. The molecule has 2 aromatic rings. The Balaban J connectivity index is 2.03. The molecule has 0 fully saturated rings. The molecule has 0 saturated carbocycles. The second kappa shape index (κ2) is 10.3. The fraction of sp³-hybridized carbons (Fsp3) is 0.381. The molecule has 1 N–H and O–H groups in total. The van der Waals surface area contributed by atoms with E-state index in [1.165, 1.54) is 27.3 Å². The lowest BCUT2D eigenvalue weighted by Crippen LogP contribution is -2.23. The summed E-state index contributed by atoms with van der Waals surface area (Å²) in [4.78, 5) is 12.5. The van der Waals surface area contributed by atoms with Crippen molar-refractivity contribution >= 4 is 15.9 Å². The number of rotatable bonds is 10. The molecule has 0 atom stereocenters. The van der Waals surface area contributed by atoms with E-state index in [1.807, 2.05) is 6.07 Å². The number of nitrogens with one attached hydrogen (secondary N) is 1. The first kappa shape index (κ1) is 23.5. The minimum atomic E-state index is -3.57. The number of sulfonamides is 1. The summed E-state index contributed by atoms with van der Waals surface area (Å²) in [6.07, 6.45) is 0.535. The van der Waals surface area contributed by atoms with Crippen LogP contribution in [0.3, 0.4) is 0 Å². The van der Waals surface area contributed by atoms with Gasteiger partial charge in [-0.1, -0.05) is 6.07 Å². The summed E-state index contributed by atoms with van der Waals surface area (Å²) in [7, 11) is 4.01. The fourth-order valence-electron chi connectivity index (χ4n) is 2.85. The Morgan fingerprint density at radius 3 is 2.17 bits per heavy atom. The lowest BCUT2D eigenvalue weighted by Gasteiger charge is -2.15. The first-order chi connectivity index (χ1) is 14.2. The highest BCUT2D eigenvalue weighted by atomic mass is 32.2. The van der Waals surface area contributed by atoms with Gasteiger partial charge in [-0.05, 0) is 47.9 Å². The number of aryl methyl sites for hydroxylation is 1. The van der Waals surface area contributed by atoms with Crippen molar-refractivity contribution < 1.29 is 27.4 Å². The summed E-state index contributed by atoms with van der Waals surface area (Å²) in [5.74, 6) is 1.59. The molecule has 0 aliphatic carbocycles. The molecule has 2 rings (SSSR count). The third kappa shape index (κ3) is 5.64. The van der Waals surface area contributed by atoms with Gasteiger partial charge in [0, 0.05) is 27.1 Å². The average Bonchev–Trinajstić information content (AvgIpc) is 2.75. The summed E-state index contributed by atoms with van der Waals surface area (Å²) in [5.41, 5.74) is 1.53. The smallest absolute Gasteiger partial charge is 0.242 e. The van der Waals surface area contributed by atoms with Crippen LogP contribution in [0.1, 0.15) is 17.5 Å². The van der Waals surface area contributed by atoms with Crippen molar-refractivity contribution in [1.29, 1.82) is 0 Å². The van der Waals surface area contributed by atoms with E-state index in [1.54, 1.807) is 38.5 Å². The first-order valence-corrected chi connectivity index (χ1v) is 10.7. The average molecular weight is 437 g/mol. The minimum absolute atomic E-state index is 0.160. The van der Waals surface area contributed by atoms with Crippen LogP contribution in [0.2, 0.25) is 0 Å². The molecule has 0 saturated heterocycles. The zero-order valence-electron chi connectivity index (χ0n) is 17.9. The molecule has 30 heavy (non-hydrogen) atoms. The van der Waals surface area contributed by atoms with Crippen molar-refractivity contribution in [1.82, 2.24) is 9.62 Å². The predicted molar refractivity (Wildman–Crippen MR) is 114 cm³/mol. The fourth-order valence-corrected chi connectivity index (χ4v) is 3.80. The van der Waals surface area contributed by atoms with Gasteiger partial charge in [0.05, 0.1) is 26.2 Å². The highest BCUT2D eigenvalue weighted by Crippen LogP contribution is 2.28. The molecule has 2 aromatic carbocycles. The van der Waals surface area contributed by atoms with Crippen molar-refractivity contribution in [3.8, 4) is 17.2 Å². The van der Waals surface area contributed by atoms with Crippen LogP contribution in [0.25, 0.3) is 0 Å². The van der Waals surface area contributed by atoms with E-state index in [4.69, 9.17) is 14.2 Å². The van der Waals surface area contributed by atoms with Crippen LogP contribution < -0.4 is 19.5 Å². The van der Waals surface area contributed by atoms with Gasteiger partial charge in [-0.2, -0.15) is 0 Å². The Labute approximate surface area is 177 Å². The highest BCUT2D eigenvalue weighted by Gasteiger charge is 2.19. The van der Waals surface area contributed by atoms with Crippen LogP contribution in [0.5, 0.6) is 17.2 Å². The number of hydrogen-bond donors (Lipinski definition) is 1. The van der Waals surface area contributed by atoms with Crippen molar-refractivity contribution in [2.75, 3.05) is 35.4 Å².